The van der Waals surface area contributed by atoms with Gasteiger partial charge in [0.15, 0.2) is 0 Å². The summed E-state index contributed by atoms with van der Waals surface area (Å²) in [5, 5.41) is 11.7. The average molecular weight is 555 g/mol. The normalized spacial score (nSPS) is 15.0. The Morgan fingerprint density at radius 1 is 1.10 bits per heavy atom. The molecule has 2 atom stereocenters. The van der Waals surface area contributed by atoms with E-state index < -0.39 is 22.0 Å². The van der Waals surface area contributed by atoms with E-state index in [-0.39, 0.29) is 18.1 Å². The monoisotopic (exact) mass is 554 g/mol. The van der Waals surface area contributed by atoms with Crippen molar-refractivity contribution in [2.45, 2.75) is 52.2 Å². The number of methoxy groups -OCH3 is 2. The summed E-state index contributed by atoms with van der Waals surface area (Å²) in [7, 11) is -0.392. The largest absolute Gasteiger partial charge is 0.496 e. The van der Waals surface area contributed by atoms with Crippen molar-refractivity contribution in [2.24, 2.45) is 11.8 Å². The molecule has 2 aromatic carbocycles. The third-order valence-corrected chi connectivity index (χ3v) is 8.90. The number of sulfonamides is 1. The van der Waals surface area contributed by atoms with Gasteiger partial charge in [-0.05, 0) is 79.5 Å². The van der Waals surface area contributed by atoms with Crippen LogP contribution in [0.2, 0.25) is 0 Å². The molecular weight excluding hydrogens is 516 g/mol. The van der Waals surface area contributed by atoms with Crippen molar-refractivity contribution >= 4 is 15.9 Å². The lowest BCUT2D eigenvalue weighted by Gasteiger charge is -2.27. The number of hydrogen-bond acceptors (Lipinski definition) is 6. The van der Waals surface area contributed by atoms with Crippen LogP contribution in [-0.2, 0) is 40.6 Å². The highest BCUT2D eigenvalue weighted by molar-refractivity contribution is 7.90. The molecule has 0 saturated heterocycles. The van der Waals surface area contributed by atoms with E-state index in [1.165, 1.54) is 18.1 Å². The van der Waals surface area contributed by atoms with Gasteiger partial charge < -0.3 is 19.1 Å². The van der Waals surface area contributed by atoms with Gasteiger partial charge in [-0.25, -0.2) is 8.42 Å². The molecule has 39 heavy (non-hydrogen) atoms. The van der Waals surface area contributed by atoms with E-state index in [2.05, 4.69) is 29.0 Å². The average Bonchev–Trinajstić information content (AvgIpc) is 3.53. The van der Waals surface area contributed by atoms with E-state index in [1.54, 1.807) is 14.2 Å². The number of carbonyl (C=O) groups excluding carboxylic acids is 1. The van der Waals surface area contributed by atoms with E-state index in [0.717, 1.165) is 30.4 Å². The number of nitrogens with one attached hydrogen (secondary N) is 1. The maximum Gasteiger partial charge on any atom is 0.237 e. The molecule has 1 aromatic heterocycles. The van der Waals surface area contributed by atoms with Gasteiger partial charge >= 0.3 is 0 Å². The second kappa shape index (κ2) is 12.3. The Kier molecular flexibility index (Phi) is 9.02. The van der Waals surface area contributed by atoms with Gasteiger partial charge in [0, 0.05) is 30.4 Å². The lowest BCUT2D eigenvalue weighted by Crippen LogP contribution is -2.32. The van der Waals surface area contributed by atoms with Crippen molar-refractivity contribution in [1.82, 2.24) is 9.29 Å². The highest BCUT2D eigenvalue weighted by atomic mass is 32.2. The second-order valence-corrected chi connectivity index (χ2v) is 12.4. The summed E-state index contributed by atoms with van der Waals surface area (Å²) in [4.78, 5) is 12.2. The molecule has 1 amide bonds. The summed E-state index contributed by atoms with van der Waals surface area (Å²) < 4.78 is 38.6. The van der Waals surface area contributed by atoms with E-state index in [4.69, 9.17) is 9.47 Å². The van der Waals surface area contributed by atoms with Gasteiger partial charge in [-0.3, -0.25) is 9.52 Å². The smallest absolute Gasteiger partial charge is 0.237 e. The summed E-state index contributed by atoms with van der Waals surface area (Å²) in [6.07, 6.45) is 5.65. The Labute approximate surface area is 231 Å². The number of ether oxygens (including phenoxy) is 2. The van der Waals surface area contributed by atoms with Crippen LogP contribution in [0.25, 0.3) is 0 Å². The molecule has 2 N–H and O–H groups in total. The molecule has 9 heteroatoms. The molecule has 210 valence electrons. The topological polar surface area (TPSA) is 107 Å². The quantitative estimate of drug-likeness (QED) is 0.351. The van der Waals surface area contributed by atoms with Gasteiger partial charge in [-0.1, -0.05) is 24.3 Å². The molecule has 1 heterocycles. The van der Waals surface area contributed by atoms with Crippen molar-refractivity contribution in [1.29, 1.82) is 0 Å². The number of fused-ring (bicyclic) bond motifs is 1. The lowest BCUT2D eigenvalue weighted by atomic mass is 9.85. The first-order valence-corrected chi connectivity index (χ1v) is 14.9. The number of amides is 1. The van der Waals surface area contributed by atoms with Crippen molar-refractivity contribution in [3.8, 4) is 11.5 Å². The fourth-order valence-electron chi connectivity index (χ4n) is 5.54. The molecule has 0 saturated carbocycles. The van der Waals surface area contributed by atoms with E-state index >= 15 is 0 Å². The van der Waals surface area contributed by atoms with Crippen molar-refractivity contribution in [3.63, 3.8) is 0 Å². The number of carbonyl (C=O) groups is 1. The van der Waals surface area contributed by atoms with E-state index in [1.807, 2.05) is 42.1 Å². The van der Waals surface area contributed by atoms with Crippen LogP contribution in [0.4, 0.5) is 0 Å². The predicted octanol–water partition coefficient (Wildman–Crippen LogP) is 3.98. The van der Waals surface area contributed by atoms with Crippen molar-refractivity contribution in [2.75, 3.05) is 20.0 Å². The van der Waals surface area contributed by atoms with Gasteiger partial charge in [0.05, 0.1) is 32.5 Å². The fourth-order valence-corrected chi connectivity index (χ4v) is 6.11. The number of aliphatic hydroxyl groups excluding tert-OH is 1. The fraction of sp³-hybridized carbons (Fsp3) is 0.433. The summed E-state index contributed by atoms with van der Waals surface area (Å²) >= 11 is 0. The Morgan fingerprint density at radius 3 is 2.28 bits per heavy atom. The summed E-state index contributed by atoms with van der Waals surface area (Å²) in [5.41, 5.74) is 5.04. The summed E-state index contributed by atoms with van der Waals surface area (Å²) in [6, 6.07) is 14.1. The lowest BCUT2D eigenvalue weighted by molar-refractivity contribution is -0.118. The van der Waals surface area contributed by atoms with Crippen LogP contribution in [0.1, 0.15) is 47.3 Å². The second-order valence-electron chi connectivity index (χ2n) is 10.4. The van der Waals surface area contributed by atoms with Gasteiger partial charge in [-0.15, -0.1) is 0 Å². The third-order valence-electron chi connectivity index (χ3n) is 7.61. The maximum atomic E-state index is 12.2. The van der Waals surface area contributed by atoms with Crippen LogP contribution in [0.5, 0.6) is 11.5 Å². The molecule has 1 aliphatic rings. The molecule has 0 aliphatic heterocycles. The Bertz CT molecular complexity index is 1360. The minimum atomic E-state index is -3.60. The van der Waals surface area contributed by atoms with Crippen LogP contribution in [0.3, 0.4) is 0 Å². The molecule has 0 bridgehead atoms. The van der Waals surface area contributed by atoms with Gasteiger partial charge in [-0.2, -0.15) is 0 Å². The molecule has 0 unspecified atom stereocenters. The van der Waals surface area contributed by atoms with Gasteiger partial charge in [0.25, 0.3) is 0 Å². The highest BCUT2D eigenvalue weighted by Gasteiger charge is 2.30. The third kappa shape index (κ3) is 7.02. The van der Waals surface area contributed by atoms with Crippen LogP contribution in [0.15, 0.2) is 54.9 Å². The molecule has 0 radical (unpaired) electrons. The SMILES string of the molecule is CCS(=O)(=O)NC(=O)Cc1ccn(C[C@@H](CC2Cc3ccccc3C2)[C@H](O)c2cc(OC)c(C)c(OC)c2)c1. The van der Waals surface area contributed by atoms with Crippen LogP contribution >= 0.6 is 0 Å². The van der Waals surface area contributed by atoms with Gasteiger partial charge in [0.2, 0.25) is 15.9 Å². The number of aliphatic hydroxyl groups is 1. The first kappa shape index (κ1) is 28.7. The molecule has 1 aliphatic carbocycles. The number of aromatic nitrogens is 1. The minimum absolute atomic E-state index is 0.0380. The number of benzene rings is 2. The number of nitrogens with zero attached hydrogens (tertiary/aromatic N) is 1. The first-order chi connectivity index (χ1) is 18.6. The minimum Gasteiger partial charge on any atom is -0.496 e. The summed E-state index contributed by atoms with van der Waals surface area (Å²) in [6.45, 7) is 3.94. The Balaban J connectivity index is 1.56. The molecule has 3 aromatic rings. The predicted molar refractivity (Wildman–Crippen MR) is 150 cm³/mol. The van der Waals surface area contributed by atoms with Crippen molar-refractivity contribution < 1.29 is 27.8 Å². The zero-order valence-corrected chi connectivity index (χ0v) is 23.8. The van der Waals surface area contributed by atoms with Crippen LogP contribution in [0, 0.1) is 18.8 Å². The zero-order chi connectivity index (χ0) is 28.2. The van der Waals surface area contributed by atoms with E-state index in [9.17, 15) is 18.3 Å². The zero-order valence-electron chi connectivity index (χ0n) is 23.0. The molecule has 0 fully saturated rings. The first-order valence-electron chi connectivity index (χ1n) is 13.3. The summed E-state index contributed by atoms with van der Waals surface area (Å²) in [5.74, 6) is 0.873. The molecule has 4 rings (SSSR count). The standard InChI is InChI=1S/C30H38N2O6S/c1-5-39(35,36)31-29(33)15-21-10-11-32(18-21)19-26(14-22-12-23-8-6-7-9-24(23)13-22)30(34)25-16-27(37-3)20(2)28(17-25)38-4/h6-11,16-18,22,26,30,34H,5,12-15,19H2,1-4H3,(H,31,33)/t26-,30-/m1/s1. The van der Waals surface area contributed by atoms with Gasteiger partial charge in [0.1, 0.15) is 11.5 Å². The van der Waals surface area contributed by atoms with Crippen LogP contribution < -0.4 is 14.2 Å². The number of hydrogen-bond donors (Lipinski definition) is 2. The van der Waals surface area contributed by atoms with Crippen molar-refractivity contribution in [3.05, 3.63) is 82.7 Å². The molecular formula is C30H38N2O6S. The Morgan fingerprint density at radius 2 is 1.72 bits per heavy atom. The molecule has 8 nitrogen and oxygen atoms in total. The van der Waals surface area contributed by atoms with Crippen LogP contribution in [-0.4, -0.2) is 44.0 Å². The maximum absolute atomic E-state index is 12.2. The molecule has 0 spiro atoms. The van der Waals surface area contributed by atoms with E-state index in [0.29, 0.717) is 29.5 Å². The Hall–Kier alpha value is -3.30. The number of rotatable bonds is 12. The highest BCUT2D eigenvalue weighted by Crippen LogP contribution is 2.39.